The van der Waals surface area contributed by atoms with Crippen LogP contribution in [0.3, 0.4) is 0 Å². The highest BCUT2D eigenvalue weighted by Gasteiger charge is 2.28. The third-order valence-corrected chi connectivity index (χ3v) is 2.04. The number of esters is 1. The van der Waals surface area contributed by atoms with Crippen molar-refractivity contribution in [3.8, 4) is 5.88 Å². The number of primary amides is 1. The molecule has 0 radical (unpaired) electrons. The second-order valence-electron chi connectivity index (χ2n) is 3.74. The maximum atomic E-state index is 11.9. The van der Waals surface area contributed by atoms with E-state index in [1.807, 2.05) is 0 Å². The molecule has 2 N–H and O–H groups in total. The number of hydrogen-bond donors (Lipinski definition) is 1. The van der Waals surface area contributed by atoms with Gasteiger partial charge in [-0.2, -0.15) is 13.2 Å². The Morgan fingerprint density at radius 3 is 2.50 bits per heavy atom. The highest BCUT2D eigenvalue weighted by atomic mass is 19.4. The molecule has 9 heteroatoms. The van der Waals surface area contributed by atoms with Crippen molar-refractivity contribution in [1.82, 2.24) is 4.98 Å². The van der Waals surface area contributed by atoms with Crippen molar-refractivity contribution < 1.29 is 32.2 Å². The van der Waals surface area contributed by atoms with E-state index in [1.165, 1.54) is 6.92 Å². The SMILES string of the molecule is C[C@H](OC(=O)c1ccc(OCC(F)(F)F)nc1)C(N)=O. The van der Waals surface area contributed by atoms with E-state index in [4.69, 9.17) is 5.73 Å². The topological polar surface area (TPSA) is 91.5 Å². The Morgan fingerprint density at radius 1 is 1.40 bits per heavy atom. The molecule has 1 heterocycles. The quantitative estimate of drug-likeness (QED) is 0.819. The molecule has 0 unspecified atom stereocenters. The van der Waals surface area contributed by atoms with Crippen LogP contribution in [0, 0.1) is 0 Å². The minimum Gasteiger partial charge on any atom is -0.468 e. The predicted octanol–water partition coefficient (Wildman–Crippen LogP) is 1.05. The van der Waals surface area contributed by atoms with Crippen LogP contribution in [0.2, 0.25) is 0 Å². The maximum absolute atomic E-state index is 11.9. The molecule has 0 aromatic carbocycles. The number of pyridine rings is 1. The maximum Gasteiger partial charge on any atom is 0.422 e. The molecule has 20 heavy (non-hydrogen) atoms. The predicted molar refractivity (Wildman–Crippen MR) is 59.9 cm³/mol. The van der Waals surface area contributed by atoms with Gasteiger partial charge in [0.15, 0.2) is 12.7 Å². The lowest BCUT2D eigenvalue weighted by atomic mass is 10.3. The molecular weight excluding hydrogens is 281 g/mol. The van der Waals surface area contributed by atoms with Crippen LogP contribution >= 0.6 is 0 Å². The second-order valence-corrected chi connectivity index (χ2v) is 3.74. The fourth-order valence-corrected chi connectivity index (χ4v) is 1.03. The Hall–Kier alpha value is -2.32. The molecule has 6 nitrogen and oxygen atoms in total. The van der Waals surface area contributed by atoms with Gasteiger partial charge in [0.05, 0.1) is 5.56 Å². The molecule has 1 aromatic rings. The van der Waals surface area contributed by atoms with Crippen LogP contribution < -0.4 is 10.5 Å². The number of nitrogens with two attached hydrogens (primary N) is 1. The van der Waals surface area contributed by atoms with E-state index in [0.29, 0.717) is 0 Å². The number of carbonyl (C=O) groups excluding carboxylic acids is 2. The van der Waals surface area contributed by atoms with E-state index < -0.39 is 30.8 Å². The number of halogens is 3. The minimum absolute atomic E-state index is 0.0440. The van der Waals surface area contributed by atoms with Gasteiger partial charge in [-0.05, 0) is 13.0 Å². The lowest BCUT2D eigenvalue weighted by Crippen LogP contribution is -2.30. The van der Waals surface area contributed by atoms with Crippen molar-refractivity contribution in [3.05, 3.63) is 23.9 Å². The number of alkyl halides is 3. The fourth-order valence-electron chi connectivity index (χ4n) is 1.03. The smallest absolute Gasteiger partial charge is 0.422 e. The Labute approximate surface area is 111 Å². The number of rotatable bonds is 5. The van der Waals surface area contributed by atoms with E-state index in [9.17, 15) is 22.8 Å². The lowest BCUT2D eigenvalue weighted by Gasteiger charge is -2.10. The Balaban J connectivity index is 2.62. The summed E-state index contributed by atoms with van der Waals surface area (Å²) in [4.78, 5) is 25.7. The van der Waals surface area contributed by atoms with E-state index in [-0.39, 0.29) is 11.4 Å². The van der Waals surface area contributed by atoms with Gasteiger partial charge < -0.3 is 15.2 Å². The van der Waals surface area contributed by atoms with Crippen molar-refractivity contribution in [2.45, 2.75) is 19.2 Å². The van der Waals surface area contributed by atoms with Crippen molar-refractivity contribution in [2.24, 2.45) is 5.73 Å². The third kappa shape index (κ3) is 5.12. The van der Waals surface area contributed by atoms with Crippen molar-refractivity contribution >= 4 is 11.9 Å². The summed E-state index contributed by atoms with van der Waals surface area (Å²) >= 11 is 0. The highest BCUT2D eigenvalue weighted by Crippen LogP contribution is 2.17. The van der Waals surface area contributed by atoms with Crippen LogP contribution in [0.5, 0.6) is 5.88 Å². The molecular formula is C11H11F3N2O4. The summed E-state index contributed by atoms with van der Waals surface area (Å²) < 4.78 is 44.7. The second kappa shape index (κ2) is 6.22. The molecule has 1 atom stereocenters. The average molecular weight is 292 g/mol. The zero-order valence-electron chi connectivity index (χ0n) is 10.3. The lowest BCUT2D eigenvalue weighted by molar-refractivity contribution is -0.154. The molecule has 1 rings (SSSR count). The zero-order chi connectivity index (χ0) is 15.3. The molecule has 1 amide bonds. The zero-order valence-corrected chi connectivity index (χ0v) is 10.3. The van der Waals surface area contributed by atoms with Gasteiger partial charge in [0, 0.05) is 12.3 Å². The first kappa shape index (κ1) is 15.7. The standard InChI is InChI=1S/C11H11F3N2O4/c1-6(9(15)17)20-10(18)7-2-3-8(16-4-7)19-5-11(12,13)14/h2-4,6H,5H2,1H3,(H2,15,17)/t6-/m0/s1. The van der Waals surface area contributed by atoms with Crippen LogP contribution in [-0.2, 0) is 9.53 Å². The molecule has 0 spiro atoms. The van der Waals surface area contributed by atoms with Crippen LogP contribution in [0.1, 0.15) is 17.3 Å². The summed E-state index contributed by atoms with van der Waals surface area (Å²) in [6, 6.07) is 2.24. The molecule has 110 valence electrons. The molecule has 0 saturated heterocycles. The molecule has 0 aliphatic heterocycles. The van der Waals surface area contributed by atoms with Gasteiger partial charge in [0.1, 0.15) is 0 Å². The molecule has 0 saturated carbocycles. The summed E-state index contributed by atoms with van der Waals surface area (Å²) in [5, 5.41) is 0. The van der Waals surface area contributed by atoms with E-state index >= 15 is 0 Å². The Morgan fingerprint density at radius 2 is 2.05 bits per heavy atom. The number of hydrogen-bond acceptors (Lipinski definition) is 5. The van der Waals surface area contributed by atoms with E-state index in [2.05, 4.69) is 14.5 Å². The average Bonchev–Trinajstić information content (AvgIpc) is 2.35. The Kier molecular flexibility index (Phi) is 4.89. The molecule has 0 bridgehead atoms. The van der Waals surface area contributed by atoms with Crippen LogP contribution in [-0.4, -0.2) is 35.7 Å². The molecule has 0 aliphatic rings. The molecule has 0 aliphatic carbocycles. The van der Waals surface area contributed by atoms with E-state index in [1.54, 1.807) is 0 Å². The van der Waals surface area contributed by atoms with E-state index in [0.717, 1.165) is 18.3 Å². The van der Waals surface area contributed by atoms with Crippen LogP contribution in [0.25, 0.3) is 0 Å². The van der Waals surface area contributed by atoms with Gasteiger partial charge in [0.2, 0.25) is 5.88 Å². The summed E-state index contributed by atoms with van der Waals surface area (Å²) in [5.74, 6) is -1.98. The first-order valence-electron chi connectivity index (χ1n) is 5.35. The monoisotopic (exact) mass is 292 g/mol. The molecule has 1 aromatic heterocycles. The van der Waals surface area contributed by atoms with Crippen molar-refractivity contribution in [2.75, 3.05) is 6.61 Å². The minimum atomic E-state index is -4.48. The van der Waals surface area contributed by atoms with Gasteiger partial charge in [-0.1, -0.05) is 0 Å². The van der Waals surface area contributed by atoms with Gasteiger partial charge in [-0.25, -0.2) is 9.78 Å². The summed E-state index contributed by atoms with van der Waals surface area (Å²) in [6.07, 6.45) is -4.62. The van der Waals surface area contributed by atoms with Crippen molar-refractivity contribution in [1.29, 1.82) is 0 Å². The number of amides is 1. The van der Waals surface area contributed by atoms with Gasteiger partial charge in [-0.15, -0.1) is 0 Å². The Bertz CT molecular complexity index is 487. The normalized spacial score (nSPS) is 12.6. The number of nitrogens with zero attached hydrogens (tertiary/aromatic N) is 1. The summed E-state index contributed by atoms with van der Waals surface area (Å²) in [5.41, 5.74) is 4.86. The number of ether oxygens (including phenoxy) is 2. The fraction of sp³-hybridized carbons (Fsp3) is 0.364. The first-order valence-corrected chi connectivity index (χ1v) is 5.35. The summed E-state index contributed by atoms with van der Waals surface area (Å²) in [6.45, 7) is -0.197. The largest absolute Gasteiger partial charge is 0.468 e. The van der Waals surface area contributed by atoms with Crippen LogP contribution in [0.15, 0.2) is 18.3 Å². The highest BCUT2D eigenvalue weighted by molar-refractivity contribution is 5.91. The first-order chi connectivity index (χ1) is 9.19. The van der Waals surface area contributed by atoms with Crippen molar-refractivity contribution in [3.63, 3.8) is 0 Å². The van der Waals surface area contributed by atoms with Crippen LogP contribution in [0.4, 0.5) is 13.2 Å². The molecule has 0 fully saturated rings. The number of aromatic nitrogens is 1. The number of carbonyl (C=O) groups is 2. The van der Waals surface area contributed by atoms with Gasteiger partial charge >= 0.3 is 12.1 Å². The summed E-state index contributed by atoms with van der Waals surface area (Å²) in [7, 11) is 0. The van der Waals surface area contributed by atoms with Gasteiger partial charge in [-0.3, -0.25) is 4.79 Å². The van der Waals surface area contributed by atoms with Gasteiger partial charge in [0.25, 0.3) is 5.91 Å². The third-order valence-electron chi connectivity index (χ3n) is 2.04.